The minimum Gasteiger partial charge on any atom is -0.385 e. The summed E-state index contributed by atoms with van der Waals surface area (Å²) in [5, 5.41) is 8.56. The highest BCUT2D eigenvalue weighted by atomic mass is 32.1. The second kappa shape index (κ2) is 8.86. The van der Waals surface area contributed by atoms with Gasteiger partial charge in [-0.25, -0.2) is 9.97 Å². The Kier molecular flexibility index (Phi) is 6.03. The van der Waals surface area contributed by atoms with Crippen LogP contribution in [0, 0.1) is 6.92 Å². The summed E-state index contributed by atoms with van der Waals surface area (Å²) in [4.78, 5) is 24.1. The van der Waals surface area contributed by atoms with Crippen LogP contribution in [0.2, 0.25) is 0 Å². The van der Waals surface area contributed by atoms with Gasteiger partial charge in [-0.3, -0.25) is 4.79 Å². The van der Waals surface area contributed by atoms with Crippen LogP contribution >= 0.6 is 22.7 Å². The molecule has 0 bridgehead atoms. The van der Waals surface area contributed by atoms with Gasteiger partial charge in [0.15, 0.2) is 0 Å². The number of amides is 1. The highest BCUT2D eigenvalue weighted by Crippen LogP contribution is 2.34. The molecule has 29 heavy (non-hydrogen) atoms. The maximum absolute atomic E-state index is 12.6. The fourth-order valence-corrected chi connectivity index (χ4v) is 5.28. The number of fused-ring (bicyclic) bond motifs is 2. The monoisotopic (exact) mass is 426 g/mol. The zero-order valence-electron chi connectivity index (χ0n) is 16.3. The summed E-state index contributed by atoms with van der Waals surface area (Å²) in [6, 6.07) is 10.6. The zero-order chi connectivity index (χ0) is 20.2. The molecule has 0 aliphatic carbocycles. The standard InChI is InChI=1S/C21H22N4O2S2/c1-13-17-19(23-11-15-10-14-6-3-4-7-16(14)28-15)24-12-25-21(17)29-18(13)20(26)22-8-5-9-27-2/h3-4,6-7,10,12H,5,8-9,11H2,1-2H3,(H,22,26)(H,23,24,25). The largest absolute Gasteiger partial charge is 0.385 e. The van der Waals surface area contributed by atoms with Gasteiger partial charge in [0.25, 0.3) is 5.91 Å². The Bertz CT molecular complexity index is 1120. The lowest BCUT2D eigenvalue weighted by Crippen LogP contribution is -2.24. The molecule has 0 spiro atoms. The van der Waals surface area contributed by atoms with Gasteiger partial charge < -0.3 is 15.4 Å². The summed E-state index contributed by atoms with van der Waals surface area (Å²) in [5.74, 6) is 0.691. The normalized spacial score (nSPS) is 11.2. The van der Waals surface area contributed by atoms with Crippen LogP contribution in [0.15, 0.2) is 36.7 Å². The number of thiophene rings is 2. The molecule has 0 aliphatic rings. The number of hydrogen-bond donors (Lipinski definition) is 2. The van der Waals surface area contributed by atoms with Crippen LogP contribution in [-0.4, -0.2) is 36.1 Å². The van der Waals surface area contributed by atoms with Crippen molar-refractivity contribution in [1.82, 2.24) is 15.3 Å². The molecule has 0 fully saturated rings. The van der Waals surface area contributed by atoms with Gasteiger partial charge in [-0.05, 0) is 36.4 Å². The summed E-state index contributed by atoms with van der Waals surface area (Å²) in [6.45, 7) is 3.85. The second-order valence-electron chi connectivity index (χ2n) is 6.66. The summed E-state index contributed by atoms with van der Waals surface area (Å²) in [5.41, 5.74) is 0.911. The molecule has 150 valence electrons. The fraction of sp³-hybridized carbons (Fsp3) is 0.286. The molecule has 1 amide bonds. The van der Waals surface area contributed by atoms with E-state index in [0.29, 0.717) is 24.6 Å². The number of carbonyl (C=O) groups excluding carboxylic acids is 1. The van der Waals surface area contributed by atoms with Gasteiger partial charge in [-0.15, -0.1) is 22.7 Å². The number of hydrogen-bond acceptors (Lipinski definition) is 7. The quantitative estimate of drug-likeness (QED) is 0.403. The molecule has 4 aromatic rings. The van der Waals surface area contributed by atoms with Crippen LogP contribution in [0.3, 0.4) is 0 Å². The van der Waals surface area contributed by atoms with E-state index in [0.717, 1.165) is 28.0 Å². The minimum absolute atomic E-state index is 0.0722. The second-order valence-corrected chi connectivity index (χ2v) is 8.83. The van der Waals surface area contributed by atoms with E-state index in [2.05, 4.69) is 50.9 Å². The van der Waals surface area contributed by atoms with Crippen LogP contribution < -0.4 is 10.6 Å². The number of benzene rings is 1. The Morgan fingerprint density at radius 1 is 1.21 bits per heavy atom. The van der Waals surface area contributed by atoms with E-state index in [-0.39, 0.29) is 5.91 Å². The number of rotatable bonds is 8. The number of methoxy groups -OCH3 is 1. The average molecular weight is 427 g/mol. The first-order chi connectivity index (χ1) is 14.2. The number of nitrogens with zero attached hydrogens (tertiary/aromatic N) is 2. The molecular weight excluding hydrogens is 404 g/mol. The Morgan fingerprint density at radius 2 is 2.07 bits per heavy atom. The van der Waals surface area contributed by atoms with Crippen LogP contribution in [0.4, 0.5) is 5.82 Å². The number of aromatic nitrogens is 2. The molecule has 8 heteroatoms. The molecule has 0 atom stereocenters. The summed E-state index contributed by atoms with van der Waals surface area (Å²) in [7, 11) is 1.66. The topological polar surface area (TPSA) is 76.1 Å². The predicted molar refractivity (Wildman–Crippen MR) is 120 cm³/mol. The molecule has 1 aromatic carbocycles. The summed E-state index contributed by atoms with van der Waals surface area (Å²) >= 11 is 3.18. The first kappa shape index (κ1) is 19.8. The van der Waals surface area contributed by atoms with Gasteiger partial charge in [-0.1, -0.05) is 18.2 Å². The van der Waals surface area contributed by atoms with Gasteiger partial charge in [-0.2, -0.15) is 0 Å². The van der Waals surface area contributed by atoms with Crippen LogP contribution in [-0.2, 0) is 11.3 Å². The number of nitrogens with one attached hydrogen (secondary N) is 2. The van der Waals surface area contributed by atoms with Crippen LogP contribution in [0.5, 0.6) is 0 Å². The number of aryl methyl sites for hydroxylation is 1. The van der Waals surface area contributed by atoms with Gasteiger partial charge in [0.1, 0.15) is 17.0 Å². The molecule has 6 nitrogen and oxygen atoms in total. The van der Waals surface area contributed by atoms with E-state index >= 15 is 0 Å². The smallest absolute Gasteiger partial charge is 0.261 e. The Morgan fingerprint density at radius 3 is 2.90 bits per heavy atom. The van der Waals surface area contributed by atoms with Crippen molar-refractivity contribution in [2.45, 2.75) is 19.9 Å². The Hall–Kier alpha value is -2.55. The molecule has 4 rings (SSSR count). The van der Waals surface area contributed by atoms with Crippen molar-refractivity contribution < 1.29 is 9.53 Å². The summed E-state index contributed by atoms with van der Waals surface area (Å²) in [6.07, 6.45) is 2.33. The van der Waals surface area contributed by atoms with Crippen molar-refractivity contribution in [3.05, 3.63) is 52.0 Å². The van der Waals surface area contributed by atoms with E-state index in [1.807, 2.05) is 6.92 Å². The molecule has 0 saturated carbocycles. The molecular formula is C21H22N4O2S2. The van der Waals surface area contributed by atoms with Crippen molar-refractivity contribution in [3.8, 4) is 0 Å². The summed E-state index contributed by atoms with van der Waals surface area (Å²) < 4.78 is 6.30. The highest BCUT2D eigenvalue weighted by Gasteiger charge is 2.19. The highest BCUT2D eigenvalue weighted by molar-refractivity contribution is 7.20. The number of anilines is 1. The third kappa shape index (κ3) is 4.24. The van der Waals surface area contributed by atoms with Crippen molar-refractivity contribution >= 4 is 54.7 Å². The lowest BCUT2D eigenvalue weighted by molar-refractivity contribution is 0.0952. The molecule has 0 radical (unpaired) electrons. The number of ether oxygens (including phenoxy) is 1. The van der Waals surface area contributed by atoms with E-state index in [4.69, 9.17) is 4.74 Å². The van der Waals surface area contributed by atoms with Gasteiger partial charge in [0.2, 0.25) is 0 Å². The van der Waals surface area contributed by atoms with E-state index < -0.39 is 0 Å². The van der Waals surface area contributed by atoms with Crippen LogP contribution in [0.25, 0.3) is 20.3 Å². The van der Waals surface area contributed by atoms with E-state index in [1.54, 1.807) is 24.8 Å². The Labute approximate surface area is 177 Å². The predicted octanol–water partition coefficient (Wildman–Crippen LogP) is 4.59. The van der Waals surface area contributed by atoms with E-state index in [1.165, 1.54) is 26.3 Å². The lowest BCUT2D eigenvalue weighted by atomic mass is 10.2. The third-order valence-corrected chi connectivity index (χ3v) is 6.97. The third-order valence-electron chi connectivity index (χ3n) is 4.65. The SMILES string of the molecule is COCCCNC(=O)c1sc2ncnc(NCc3cc4ccccc4s3)c2c1C. The molecule has 0 saturated heterocycles. The molecule has 2 N–H and O–H groups in total. The van der Waals surface area contributed by atoms with E-state index in [9.17, 15) is 4.79 Å². The molecule has 3 aromatic heterocycles. The Balaban J connectivity index is 1.53. The fourth-order valence-electron chi connectivity index (χ4n) is 3.22. The average Bonchev–Trinajstić information content (AvgIpc) is 3.30. The first-order valence-corrected chi connectivity index (χ1v) is 11.0. The lowest BCUT2D eigenvalue weighted by Gasteiger charge is -2.06. The number of carbonyl (C=O) groups is 1. The minimum atomic E-state index is -0.0722. The van der Waals surface area contributed by atoms with Gasteiger partial charge in [0.05, 0.1) is 16.8 Å². The van der Waals surface area contributed by atoms with Gasteiger partial charge in [0, 0.05) is 29.8 Å². The van der Waals surface area contributed by atoms with Gasteiger partial charge >= 0.3 is 0 Å². The zero-order valence-corrected chi connectivity index (χ0v) is 18.0. The maximum Gasteiger partial charge on any atom is 0.261 e. The first-order valence-electron chi connectivity index (χ1n) is 9.40. The molecule has 3 heterocycles. The maximum atomic E-state index is 12.6. The van der Waals surface area contributed by atoms with Crippen molar-refractivity contribution in [2.75, 3.05) is 25.6 Å². The molecule has 0 unspecified atom stereocenters. The van der Waals surface area contributed by atoms with Crippen molar-refractivity contribution in [2.24, 2.45) is 0 Å². The molecule has 0 aliphatic heterocycles. The van der Waals surface area contributed by atoms with Crippen molar-refractivity contribution in [1.29, 1.82) is 0 Å². The van der Waals surface area contributed by atoms with Crippen molar-refractivity contribution in [3.63, 3.8) is 0 Å². The van der Waals surface area contributed by atoms with Crippen LogP contribution in [0.1, 0.15) is 26.5 Å².